The molecule has 0 aromatic heterocycles. The van der Waals surface area contributed by atoms with Gasteiger partial charge in [-0.2, -0.15) is 4.31 Å². The van der Waals surface area contributed by atoms with Gasteiger partial charge in [0, 0.05) is 39.2 Å². The molecular formula is C26H36N2O4S. The van der Waals surface area contributed by atoms with Crippen molar-refractivity contribution in [1.29, 1.82) is 0 Å². The van der Waals surface area contributed by atoms with E-state index in [9.17, 15) is 13.2 Å². The molecule has 0 N–H and O–H groups in total. The molecule has 1 fully saturated rings. The Morgan fingerprint density at radius 1 is 1.03 bits per heavy atom. The molecule has 2 aromatic rings. The number of hydrogen-bond donors (Lipinski definition) is 0. The minimum atomic E-state index is -3.54. The van der Waals surface area contributed by atoms with Crippen LogP contribution in [0.2, 0.25) is 0 Å². The number of nitrogens with zero attached hydrogens (tertiary/aromatic N) is 2. The molecule has 3 rings (SSSR count). The number of sulfonamides is 1. The zero-order chi connectivity index (χ0) is 23.8. The van der Waals surface area contributed by atoms with Gasteiger partial charge in [0.25, 0.3) is 0 Å². The Morgan fingerprint density at radius 3 is 2.36 bits per heavy atom. The average molecular weight is 473 g/mol. The first kappa shape index (κ1) is 25.4. The van der Waals surface area contributed by atoms with E-state index in [-0.39, 0.29) is 11.8 Å². The van der Waals surface area contributed by atoms with E-state index in [4.69, 9.17) is 4.74 Å². The van der Waals surface area contributed by atoms with Crippen LogP contribution in [0.4, 0.5) is 0 Å². The predicted octanol–water partition coefficient (Wildman–Crippen LogP) is 3.81. The number of carbonyl (C=O) groups excluding carboxylic acids is 1. The van der Waals surface area contributed by atoms with Gasteiger partial charge in [-0.3, -0.25) is 4.79 Å². The maximum atomic E-state index is 13.3. The van der Waals surface area contributed by atoms with Gasteiger partial charge in [-0.15, -0.1) is 0 Å². The van der Waals surface area contributed by atoms with Gasteiger partial charge < -0.3 is 9.64 Å². The fourth-order valence-corrected chi connectivity index (χ4v) is 5.83. The van der Waals surface area contributed by atoms with Gasteiger partial charge in [0.1, 0.15) is 0 Å². The summed E-state index contributed by atoms with van der Waals surface area (Å²) >= 11 is 0. The van der Waals surface area contributed by atoms with Gasteiger partial charge in [0.2, 0.25) is 15.9 Å². The maximum Gasteiger partial charge on any atom is 0.243 e. The lowest BCUT2D eigenvalue weighted by Crippen LogP contribution is -2.45. The van der Waals surface area contributed by atoms with E-state index >= 15 is 0 Å². The van der Waals surface area contributed by atoms with Crippen LogP contribution in [-0.2, 0) is 26.0 Å². The number of rotatable bonds is 10. The summed E-state index contributed by atoms with van der Waals surface area (Å²) in [6.07, 6.45) is 2.90. The molecule has 1 saturated heterocycles. The molecule has 0 saturated carbocycles. The highest BCUT2D eigenvalue weighted by Gasteiger charge is 2.33. The fourth-order valence-electron chi connectivity index (χ4n) is 4.28. The quantitative estimate of drug-likeness (QED) is 0.527. The number of methoxy groups -OCH3 is 1. The number of amides is 1. The predicted molar refractivity (Wildman–Crippen MR) is 131 cm³/mol. The molecule has 1 heterocycles. The summed E-state index contributed by atoms with van der Waals surface area (Å²) in [7, 11) is -1.90. The summed E-state index contributed by atoms with van der Waals surface area (Å²) in [5.74, 6) is -0.0341. The summed E-state index contributed by atoms with van der Waals surface area (Å²) in [4.78, 5) is 15.5. The number of piperidine rings is 1. The molecular weight excluding hydrogens is 436 g/mol. The number of carbonyl (C=O) groups is 1. The molecule has 1 amide bonds. The van der Waals surface area contributed by atoms with Crippen LogP contribution in [0, 0.1) is 19.8 Å². The molecule has 0 aliphatic carbocycles. The SMILES string of the molecule is COCCN(CCCc1ccccc1)C(=O)C1CCN(S(=O)(=O)c2ccc(C)c(C)c2)CC1. The average Bonchev–Trinajstić information content (AvgIpc) is 2.83. The molecule has 7 heteroatoms. The van der Waals surface area contributed by atoms with Gasteiger partial charge in [0.05, 0.1) is 11.5 Å². The number of ether oxygens (including phenoxy) is 1. The summed E-state index contributed by atoms with van der Waals surface area (Å²) < 4.78 is 32.9. The largest absolute Gasteiger partial charge is 0.383 e. The van der Waals surface area contributed by atoms with E-state index in [0.717, 1.165) is 24.0 Å². The van der Waals surface area contributed by atoms with Gasteiger partial charge in [-0.1, -0.05) is 36.4 Å². The number of benzene rings is 2. The van der Waals surface area contributed by atoms with Gasteiger partial charge >= 0.3 is 0 Å². The van der Waals surface area contributed by atoms with E-state index in [2.05, 4.69) is 12.1 Å². The van der Waals surface area contributed by atoms with E-state index in [1.54, 1.807) is 19.2 Å². The minimum Gasteiger partial charge on any atom is -0.383 e. The molecule has 0 bridgehead atoms. The standard InChI is InChI=1S/C26H36N2O4S/c1-21-11-12-25(20-22(21)2)33(30,31)28-16-13-24(14-17-28)26(29)27(18-19-32-3)15-7-10-23-8-5-4-6-9-23/h4-6,8-9,11-12,20,24H,7,10,13-19H2,1-3H3. The van der Waals surface area contributed by atoms with Crippen LogP contribution < -0.4 is 0 Å². The van der Waals surface area contributed by atoms with E-state index in [0.29, 0.717) is 50.5 Å². The van der Waals surface area contributed by atoms with Crippen molar-refractivity contribution >= 4 is 15.9 Å². The molecule has 0 spiro atoms. The Morgan fingerprint density at radius 2 is 1.73 bits per heavy atom. The van der Waals surface area contributed by atoms with Crippen LogP contribution in [-0.4, -0.2) is 63.4 Å². The van der Waals surface area contributed by atoms with Crippen LogP contribution in [0.25, 0.3) is 0 Å². The summed E-state index contributed by atoms with van der Waals surface area (Å²) in [6.45, 7) is 6.37. The summed E-state index contributed by atoms with van der Waals surface area (Å²) in [6, 6.07) is 15.5. The molecule has 2 aromatic carbocycles. The third-order valence-corrected chi connectivity index (χ3v) is 8.43. The van der Waals surface area contributed by atoms with Crippen LogP contribution in [0.15, 0.2) is 53.4 Å². The normalized spacial score (nSPS) is 15.5. The second-order valence-electron chi connectivity index (χ2n) is 8.83. The fraction of sp³-hybridized carbons (Fsp3) is 0.500. The number of aryl methyl sites for hydroxylation is 3. The van der Waals surface area contributed by atoms with Crippen LogP contribution in [0.5, 0.6) is 0 Å². The monoisotopic (exact) mass is 472 g/mol. The van der Waals surface area contributed by atoms with Gasteiger partial charge in [-0.05, 0) is 68.4 Å². The van der Waals surface area contributed by atoms with Crippen molar-refractivity contribution in [3.05, 3.63) is 65.2 Å². The van der Waals surface area contributed by atoms with Crippen molar-refractivity contribution in [3.8, 4) is 0 Å². The van der Waals surface area contributed by atoms with Gasteiger partial charge in [-0.25, -0.2) is 8.42 Å². The Balaban J connectivity index is 1.58. The van der Waals surface area contributed by atoms with Crippen LogP contribution in [0.1, 0.15) is 36.0 Å². The van der Waals surface area contributed by atoms with Gasteiger partial charge in [0.15, 0.2) is 0 Å². The first-order chi connectivity index (χ1) is 15.8. The first-order valence-electron chi connectivity index (χ1n) is 11.7. The van der Waals surface area contributed by atoms with E-state index < -0.39 is 10.0 Å². The maximum absolute atomic E-state index is 13.3. The van der Waals surface area contributed by atoms with Crippen molar-refractivity contribution < 1.29 is 17.9 Å². The van der Waals surface area contributed by atoms with E-state index in [1.807, 2.05) is 43.0 Å². The van der Waals surface area contributed by atoms with Crippen LogP contribution in [0.3, 0.4) is 0 Å². The molecule has 1 aliphatic heterocycles. The molecule has 6 nitrogen and oxygen atoms in total. The van der Waals surface area contributed by atoms with Crippen molar-refractivity contribution in [2.75, 3.05) is 39.9 Å². The molecule has 1 aliphatic rings. The highest BCUT2D eigenvalue weighted by molar-refractivity contribution is 7.89. The minimum absolute atomic E-state index is 0.114. The topological polar surface area (TPSA) is 66.9 Å². The molecule has 0 unspecified atom stereocenters. The highest BCUT2D eigenvalue weighted by Crippen LogP contribution is 2.26. The molecule has 0 radical (unpaired) electrons. The Bertz CT molecular complexity index is 1020. The smallest absolute Gasteiger partial charge is 0.243 e. The zero-order valence-electron chi connectivity index (χ0n) is 20.0. The summed E-state index contributed by atoms with van der Waals surface area (Å²) in [5.41, 5.74) is 3.30. The zero-order valence-corrected chi connectivity index (χ0v) is 20.8. The van der Waals surface area contributed by atoms with Crippen molar-refractivity contribution in [1.82, 2.24) is 9.21 Å². The molecule has 0 atom stereocenters. The van der Waals surface area contributed by atoms with Crippen molar-refractivity contribution in [2.24, 2.45) is 5.92 Å². The highest BCUT2D eigenvalue weighted by atomic mass is 32.2. The third kappa shape index (κ3) is 6.65. The summed E-state index contributed by atoms with van der Waals surface area (Å²) in [5, 5.41) is 0. The molecule has 180 valence electrons. The third-order valence-electron chi connectivity index (χ3n) is 6.53. The second kappa shape index (κ2) is 11.8. The van der Waals surface area contributed by atoms with E-state index in [1.165, 1.54) is 9.87 Å². The van der Waals surface area contributed by atoms with Crippen molar-refractivity contribution in [3.63, 3.8) is 0 Å². The number of hydrogen-bond acceptors (Lipinski definition) is 4. The van der Waals surface area contributed by atoms with Crippen molar-refractivity contribution in [2.45, 2.75) is 44.4 Å². The Hall–Kier alpha value is -2.22. The van der Waals surface area contributed by atoms with Crippen LogP contribution >= 0.6 is 0 Å². The Labute approximate surface area is 198 Å². The Kier molecular flexibility index (Phi) is 9.06. The second-order valence-corrected chi connectivity index (χ2v) is 10.8. The first-order valence-corrected chi connectivity index (χ1v) is 13.2. The lowest BCUT2D eigenvalue weighted by atomic mass is 9.96. The molecule has 33 heavy (non-hydrogen) atoms. The lowest BCUT2D eigenvalue weighted by molar-refractivity contribution is -0.137. The lowest BCUT2D eigenvalue weighted by Gasteiger charge is -2.34.